The third-order valence-electron chi connectivity index (χ3n) is 3.34. The van der Waals surface area contributed by atoms with Crippen LogP contribution >= 0.6 is 0 Å². The summed E-state index contributed by atoms with van der Waals surface area (Å²) in [6, 6.07) is 3.57. The van der Waals surface area contributed by atoms with Gasteiger partial charge in [0.1, 0.15) is 5.69 Å². The predicted molar refractivity (Wildman–Crippen MR) is 81.6 cm³/mol. The number of aliphatic carboxylic acids is 1. The third kappa shape index (κ3) is 5.06. The highest BCUT2D eigenvalue weighted by Gasteiger charge is 2.15. The fraction of sp³-hybridized carbons (Fsp3) is 0.533. The first kappa shape index (κ1) is 16.9. The second-order valence-electron chi connectivity index (χ2n) is 4.80. The van der Waals surface area contributed by atoms with E-state index in [1.54, 1.807) is 17.2 Å². The third-order valence-corrected chi connectivity index (χ3v) is 3.34. The first-order valence-corrected chi connectivity index (χ1v) is 7.17. The van der Waals surface area contributed by atoms with Gasteiger partial charge in [0.25, 0.3) is 5.91 Å². The van der Waals surface area contributed by atoms with Gasteiger partial charge < -0.3 is 14.9 Å². The second kappa shape index (κ2) is 8.24. The van der Waals surface area contributed by atoms with Crippen molar-refractivity contribution in [1.29, 1.82) is 0 Å². The molecule has 0 saturated heterocycles. The quantitative estimate of drug-likeness (QED) is 0.792. The molecule has 0 radical (unpaired) electrons. The average Bonchev–Trinajstić information content (AvgIpc) is 2.48. The number of hydrogen-bond acceptors (Lipinski definition) is 4. The number of carbonyl (C=O) groups is 2. The molecule has 0 saturated carbocycles. The maximum atomic E-state index is 12.3. The Morgan fingerprint density at radius 3 is 2.52 bits per heavy atom. The van der Waals surface area contributed by atoms with Crippen LogP contribution in [-0.2, 0) is 4.79 Å². The van der Waals surface area contributed by atoms with Crippen LogP contribution in [-0.4, -0.2) is 53.5 Å². The topological polar surface area (TPSA) is 73.7 Å². The Hall–Kier alpha value is -2.11. The molecule has 116 valence electrons. The molecule has 0 bridgehead atoms. The van der Waals surface area contributed by atoms with Crippen molar-refractivity contribution < 1.29 is 14.7 Å². The SMILES string of the molecule is CCN(CC)C(=O)c1cc(N(C)CCCC(=O)O)ccn1. The van der Waals surface area contributed by atoms with E-state index < -0.39 is 5.97 Å². The standard InChI is InChI=1S/C15H23N3O3/c1-4-18(5-2)15(21)13-11-12(8-9-16-13)17(3)10-6-7-14(19)20/h8-9,11H,4-7,10H2,1-3H3,(H,19,20). The van der Waals surface area contributed by atoms with Gasteiger partial charge in [-0.15, -0.1) is 0 Å². The molecular formula is C15H23N3O3. The van der Waals surface area contributed by atoms with Gasteiger partial charge in [-0.1, -0.05) is 0 Å². The van der Waals surface area contributed by atoms with Crippen LogP contribution in [0, 0.1) is 0 Å². The molecule has 1 heterocycles. The van der Waals surface area contributed by atoms with E-state index in [1.807, 2.05) is 31.9 Å². The number of hydrogen-bond donors (Lipinski definition) is 1. The largest absolute Gasteiger partial charge is 0.481 e. The highest BCUT2D eigenvalue weighted by Crippen LogP contribution is 2.15. The van der Waals surface area contributed by atoms with Crippen molar-refractivity contribution in [3.8, 4) is 0 Å². The maximum absolute atomic E-state index is 12.3. The summed E-state index contributed by atoms with van der Waals surface area (Å²) in [5, 5.41) is 8.65. The summed E-state index contributed by atoms with van der Waals surface area (Å²) in [4.78, 5) is 30.6. The molecule has 0 unspecified atom stereocenters. The lowest BCUT2D eigenvalue weighted by atomic mass is 10.2. The Balaban J connectivity index is 2.75. The van der Waals surface area contributed by atoms with Gasteiger partial charge in [0.15, 0.2) is 0 Å². The molecule has 21 heavy (non-hydrogen) atoms. The summed E-state index contributed by atoms with van der Waals surface area (Å²) in [5.74, 6) is -0.878. The van der Waals surface area contributed by atoms with Crippen LogP contribution in [0.4, 0.5) is 5.69 Å². The van der Waals surface area contributed by atoms with Gasteiger partial charge in [-0.25, -0.2) is 0 Å². The molecule has 0 aliphatic carbocycles. The summed E-state index contributed by atoms with van der Waals surface area (Å²) in [5.41, 5.74) is 1.28. The van der Waals surface area contributed by atoms with Crippen molar-refractivity contribution >= 4 is 17.6 Å². The van der Waals surface area contributed by atoms with E-state index in [0.717, 1.165) is 5.69 Å². The molecule has 0 fully saturated rings. The number of carbonyl (C=O) groups excluding carboxylic acids is 1. The summed E-state index contributed by atoms with van der Waals surface area (Å²) < 4.78 is 0. The molecule has 6 heteroatoms. The Labute approximate surface area is 125 Å². The van der Waals surface area contributed by atoms with Gasteiger partial charge in [0.2, 0.25) is 0 Å². The van der Waals surface area contributed by atoms with Crippen molar-refractivity contribution in [2.75, 3.05) is 31.6 Å². The van der Waals surface area contributed by atoms with E-state index in [2.05, 4.69) is 4.98 Å². The average molecular weight is 293 g/mol. The van der Waals surface area contributed by atoms with Crippen LogP contribution in [0.5, 0.6) is 0 Å². The van der Waals surface area contributed by atoms with Gasteiger partial charge in [0, 0.05) is 45.0 Å². The van der Waals surface area contributed by atoms with E-state index in [1.165, 1.54) is 0 Å². The summed E-state index contributed by atoms with van der Waals surface area (Å²) in [7, 11) is 1.88. The highest BCUT2D eigenvalue weighted by molar-refractivity contribution is 5.93. The first-order valence-electron chi connectivity index (χ1n) is 7.17. The Morgan fingerprint density at radius 1 is 1.29 bits per heavy atom. The fourth-order valence-electron chi connectivity index (χ4n) is 2.04. The van der Waals surface area contributed by atoms with E-state index in [9.17, 15) is 9.59 Å². The van der Waals surface area contributed by atoms with Gasteiger partial charge in [0.05, 0.1) is 0 Å². The molecular weight excluding hydrogens is 270 g/mol. The maximum Gasteiger partial charge on any atom is 0.303 e. The van der Waals surface area contributed by atoms with Gasteiger partial charge in [-0.05, 0) is 32.4 Å². The number of anilines is 1. The van der Waals surface area contributed by atoms with Gasteiger partial charge in [-0.2, -0.15) is 0 Å². The molecule has 1 rings (SSSR count). The predicted octanol–water partition coefficient (Wildman–Crippen LogP) is 1.86. The molecule has 6 nitrogen and oxygen atoms in total. The molecule has 0 atom stereocenters. The number of amides is 1. The minimum absolute atomic E-state index is 0.0826. The number of rotatable bonds is 8. The van der Waals surface area contributed by atoms with Gasteiger partial charge in [-0.3, -0.25) is 14.6 Å². The van der Waals surface area contributed by atoms with Gasteiger partial charge >= 0.3 is 5.97 Å². The van der Waals surface area contributed by atoms with Crippen LogP contribution in [0.2, 0.25) is 0 Å². The van der Waals surface area contributed by atoms with Crippen LogP contribution in [0.25, 0.3) is 0 Å². The van der Waals surface area contributed by atoms with Crippen LogP contribution in [0.1, 0.15) is 37.2 Å². The lowest BCUT2D eigenvalue weighted by Crippen LogP contribution is -2.31. The molecule has 0 aliphatic heterocycles. The monoisotopic (exact) mass is 293 g/mol. The second-order valence-corrected chi connectivity index (χ2v) is 4.80. The van der Waals surface area contributed by atoms with E-state index in [4.69, 9.17) is 5.11 Å². The van der Waals surface area contributed by atoms with Crippen molar-refractivity contribution in [3.05, 3.63) is 24.0 Å². The molecule has 0 aliphatic rings. The molecule has 0 aromatic carbocycles. The Bertz CT molecular complexity index is 487. The lowest BCUT2D eigenvalue weighted by Gasteiger charge is -2.21. The lowest BCUT2D eigenvalue weighted by molar-refractivity contribution is -0.137. The number of carboxylic acids is 1. The first-order chi connectivity index (χ1) is 9.99. The number of carboxylic acid groups (broad SMARTS) is 1. The summed E-state index contributed by atoms with van der Waals surface area (Å²) in [6.07, 6.45) is 2.31. The number of aromatic nitrogens is 1. The molecule has 1 aromatic rings. The highest BCUT2D eigenvalue weighted by atomic mass is 16.4. The smallest absolute Gasteiger partial charge is 0.303 e. The van der Waals surface area contributed by atoms with Crippen molar-refractivity contribution in [2.45, 2.75) is 26.7 Å². The fourth-order valence-corrected chi connectivity index (χ4v) is 2.04. The number of nitrogens with zero attached hydrogens (tertiary/aromatic N) is 3. The summed E-state index contributed by atoms with van der Waals surface area (Å²) in [6.45, 7) is 5.78. The number of pyridine rings is 1. The minimum Gasteiger partial charge on any atom is -0.481 e. The van der Waals surface area contributed by atoms with Crippen LogP contribution in [0.3, 0.4) is 0 Å². The normalized spacial score (nSPS) is 10.2. The molecule has 0 spiro atoms. The van der Waals surface area contributed by atoms with Crippen molar-refractivity contribution in [2.24, 2.45) is 0 Å². The van der Waals surface area contributed by atoms with E-state index in [0.29, 0.717) is 31.7 Å². The van der Waals surface area contributed by atoms with Crippen LogP contribution in [0.15, 0.2) is 18.3 Å². The molecule has 1 N–H and O–H groups in total. The molecule has 1 amide bonds. The van der Waals surface area contributed by atoms with Crippen molar-refractivity contribution in [3.63, 3.8) is 0 Å². The van der Waals surface area contributed by atoms with E-state index >= 15 is 0 Å². The zero-order chi connectivity index (χ0) is 15.8. The zero-order valence-corrected chi connectivity index (χ0v) is 12.9. The molecule has 1 aromatic heterocycles. The van der Waals surface area contributed by atoms with E-state index in [-0.39, 0.29) is 12.3 Å². The summed E-state index contributed by atoms with van der Waals surface area (Å²) >= 11 is 0. The Kier molecular flexibility index (Phi) is 6.65. The Morgan fingerprint density at radius 2 is 1.95 bits per heavy atom. The zero-order valence-electron chi connectivity index (χ0n) is 12.9. The minimum atomic E-state index is -0.796. The van der Waals surface area contributed by atoms with Crippen LogP contribution < -0.4 is 4.90 Å². The van der Waals surface area contributed by atoms with Crippen molar-refractivity contribution in [1.82, 2.24) is 9.88 Å².